The number of nitrogens with zero attached hydrogens (tertiary/aromatic N) is 3. The zero-order valence-electron chi connectivity index (χ0n) is 10.5. The Balaban J connectivity index is 2.26. The third-order valence-electron chi connectivity index (χ3n) is 2.55. The van der Waals surface area contributed by atoms with Crippen LogP contribution in [0.1, 0.15) is 19.2 Å². The van der Waals surface area contributed by atoms with E-state index >= 15 is 0 Å². The summed E-state index contributed by atoms with van der Waals surface area (Å²) in [7, 11) is 1.89. The minimum absolute atomic E-state index is 0.734. The van der Waals surface area contributed by atoms with Crippen molar-refractivity contribution < 1.29 is 4.74 Å². The molecule has 4 heteroatoms. The fourth-order valence-corrected chi connectivity index (χ4v) is 1.53. The van der Waals surface area contributed by atoms with E-state index in [1.165, 1.54) is 0 Å². The highest BCUT2D eigenvalue weighted by atomic mass is 16.5. The zero-order chi connectivity index (χ0) is 12.3. The SMILES string of the molecule is CCCOc1cccc(-c2nc(C)n(C)n2)c1. The van der Waals surface area contributed by atoms with Crippen molar-refractivity contribution in [1.29, 1.82) is 0 Å². The van der Waals surface area contributed by atoms with Crippen molar-refractivity contribution in [3.63, 3.8) is 0 Å². The Labute approximate surface area is 101 Å². The van der Waals surface area contributed by atoms with E-state index in [9.17, 15) is 0 Å². The smallest absolute Gasteiger partial charge is 0.181 e. The van der Waals surface area contributed by atoms with Crippen molar-refractivity contribution in [3.05, 3.63) is 30.1 Å². The van der Waals surface area contributed by atoms with Crippen molar-refractivity contribution >= 4 is 0 Å². The van der Waals surface area contributed by atoms with Crippen molar-refractivity contribution in [2.45, 2.75) is 20.3 Å². The first-order valence-electron chi connectivity index (χ1n) is 5.81. The molecule has 0 radical (unpaired) electrons. The van der Waals surface area contributed by atoms with E-state index in [0.29, 0.717) is 0 Å². The first-order chi connectivity index (χ1) is 8.20. The Morgan fingerprint density at radius 2 is 2.18 bits per heavy atom. The Kier molecular flexibility index (Phi) is 3.42. The summed E-state index contributed by atoms with van der Waals surface area (Å²) in [6.07, 6.45) is 1.01. The Morgan fingerprint density at radius 1 is 1.35 bits per heavy atom. The van der Waals surface area contributed by atoms with E-state index in [1.807, 2.05) is 38.2 Å². The third-order valence-corrected chi connectivity index (χ3v) is 2.55. The van der Waals surface area contributed by atoms with Gasteiger partial charge >= 0.3 is 0 Å². The average Bonchev–Trinajstić information content (AvgIpc) is 2.68. The molecule has 90 valence electrons. The van der Waals surface area contributed by atoms with Crippen LogP contribution in [0.15, 0.2) is 24.3 Å². The minimum Gasteiger partial charge on any atom is -0.494 e. The van der Waals surface area contributed by atoms with Crippen LogP contribution in [0.5, 0.6) is 5.75 Å². The predicted molar refractivity (Wildman–Crippen MR) is 67.0 cm³/mol. The van der Waals surface area contributed by atoms with Gasteiger partial charge in [0.1, 0.15) is 11.6 Å². The molecule has 0 saturated heterocycles. The topological polar surface area (TPSA) is 39.9 Å². The normalized spacial score (nSPS) is 10.5. The van der Waals surface area contributed by atoms with E-state index in [-0.39, 0.29) is 0 Å². The summed E-state index contributed by atoms with van der Waals surface area (Å²) in [5.74, 6) is 2.52. The van der Waals surface area contributed by atoms with Gasteiger partial charge in [-0.1, -0.05) is 19.1 Å². The highest BCUT2D eigenvalue weighted by molar-refractivity contribution is 5.57. The van der Waals surface area contributed by atoms with Crippen molar-refractivity contribution in [2.24, 2.45) is 7.05 Å². The maximum Gasteiger partial charge on any atom is 0.181 e. The maximum atomic E-state index is 5.59. The molecule has 0 amide bonds. The van der Waals surface area contributed by atoms with Crippen LogP contribution in [0.4, 0.5) is 0 Å². The lowest BCUT2D eigenvalue weighted by Gasteiger charge is -2.04. The molecule has 1 heterocycles. The second-order valence-corrected chi connectivity index (χ2v) is 3.98. The van der Waals surface area contributed by atoms with Gasteiger partial charge in [0.25, 0.3) is 0 Å². The molecule has 17 heavy (non-hydrogen) atoms. The van der Waals surface area contributed by atoms with Gasteiger partial charge < -0.3 is 4.74 Å². The highest BCUT2D eigenvalue weighted by Crippen LogP contribution is 2.21. The number of aromatic nitrogens is 3. The molecule has 0 unspecified atom stereocenters. The molecule has 0 atom stereocenters. The predicted octanol–water partition coefficient (Wildman–Crippen LogP) is 2.58. The van der Waals surface area contributed by atoms with Gasteiger partial charge in [0, 0.05) is 12.6 Å². The van der Waals surface area contributed by atoms with E-state index in [2.05, 4.69) is 17.0 Å². The van der Waals surface area contributed by atoms with Crippen LogP contribution in [0.25, 0.3) is 11.4 Å². The molecule has 0 aliphatic rings. The first-order valence-corrected chi connectivity index (χ1v) is 5.81. The molecule has 0 N–H and O–H groups in total. The highest BCUT2D eigenvalue weighted by Gasteiger charge is 2.06. The molecule has 0 fully saturated rings. The average molecular weight is 231 g/mol. The lowest BCUT2D eigenvalue weighted by atomic mass is 10.2. The second-order valence-electron chi connectivity index (χ2n) is 3.98. The fourth-order valence-electron chi connectivity index (χ4n) is 1.53. The molecule has 1 aromatic carbocycles. The number of benzene rings is 1. The molecule has 0 saturated carbocycles. The van der Waals surface area contributed by atoms with E-state index in [4.69, 9.17) is 4.74 Å². The van der Waals surface area contributed by atoms with Crippen molar-refractivity contribution in [1.82, 2.24) is 14.8 Å². The van der Waals surface area contributed by atoms with Crippen LogP contribution >= 0.6 is 0 Å². The monoisotopic (exact) mass is 231 g/mol. The second kappa shape index (κ2) is 4.99. The van der Waals surface area contributed by atoms with Gasteiger partial charge in [0.2, 0.25) is 0 Å². The van der Waals surface area contributed by atoms with E-state index in [1.54, 1.807) is 4.68 Å². The maximum absolute atomic E-state index is 5.59. The van der Waals surface area contributed by atoms with Gasteiger partial charge in [-0.15, -0.1) is 0 Å². The standard InChI is InChI=1S/C13H17N3O/c1-4-8-17-12-7-5-6-11(9-12)13-14-10(2)16(3)15-13/h5-7,9H,4,8H2,1-3H3. The number of hydrogen-bond acceptors (Lipinski definition) is 3. The molecule has 0 aliphatic heterocycles. The largest absolute Gasteiger partial charge is 0.494 e. The molecule has 0 bridgehead atoms. The Hall–Kier alpha value is -1.84. The van der Waals surface area contributed by atoms with Gasteiger partial charge in [0.05, 0.1) is 6.61 Å². The summed E-state index contributed by atoms with van der Waals surface area (Å²) in [5, 5.41) is 4.35. The number of hydrogen-bond donors (Lipinski definition) is 0. The van der Waals surface area contributed by atoms with Gasteiger partial charge in [0.15, 0.2) is 5.82 Å². The number of aryl methyl sites for hydroxylation is 2. The summed E-state index contributed by atoms with van der Waals surface area (Å²) in [6, 6.07) is 7.89. The van der Waals surface area contributed by atoms with Crippen molar-refractivity contribution in [2.75, 3.05) is 6.61 Å². The quantitative estimate of drug-likeness (QED) is 0.812. The van der Waals surface area contributed by atoms with Gasteiger partial charge in [-0.2, -0.15) is 5.10 Å². The lowest BCUT2D eigenvalue weighted by Crippen LogP contribution is -1.95. The van der Waals surface area contributed by atoms with Crippen LogP contribution in [0, 0.1) is 6.92 Å². The first kappa shape index (κ1) is 11.6. The molecule has 2 rings (SSSR count). The molecule has 0 spiro atoms. The van der Waals surface area contributed by atoms with Crippen LogP contribution in [0.2, 0.25) is 0 Å². The number of ether oxygens (including phenoxy) is 1. The molecule has 0 aliphatic carbocycles. The van der Waals surface area contributed by atoms with Gasteiger partial charge in [-0.05, 0) is 25.5 Å². The minimum atomic E-state index is 0.734. The van der Waals surface area contributed by atoms with Crippen molar-refractivity contribution in [3.8, 4) is 17.1 Å². The van der Waals surface area contributed by atoms with Crippen LogP contribution in [-0.4, -0.2) is 21.4 Å². The zero-order valence-corrected chi connectivity index (χ0v) is 10.5. The Morgan fingerprint density at radius 3 is 2.82 bits per heavy atom. The fraction of sp³-hybridized carbons (Fsp3) is 0.385. The molecule has 4 nitrogen and oxygen atoms in total. The van der Waals surface area contributed by atoms with E-state index < -0.39 is 0 Å². The molecule has 1 aromatic heterocycles. The molecular weight excluding hydrogens is 214 g/mol. The summed E-state index contributed by atoms with van der Waals surface area (Å²) < 4.78 is 7.36. The Bertz CT molecular complexity index is 486. The van der Waals surface area contributed by atoms with Gasteiger partial charge in [-0.3, -0.25) is 4.68 Å². The van der Waals surface area contributed by atoms with Crippen LogP contribution in [0.3, 0.4) is 0 Å². The number of rotatable bonds is 4. The summed E-state index contributed by atoms with van der Waals surface area (Å²) >= 11 is 0. The van der Waals surface area contributed by atoms with Gasteiger partial charge in [-0.25, -0.2) is 4.98 Å². The molecular formula is C13H17N3O. The van der Waals surface area contributed by atoms with E-state index in [0.717, 1.165) is 36.0 Å². The third kappa shape index (κ3) is 2.64. The summed E-state index contributed by atoms with van der Waals surface area (Å²) in [4.78, 5) is 4.40. The summed E-state index contributed by atoms with van der Waals surface area (Å²) in [6.45, 7) is 4.76. The van der Waals surface area contributed by atoms with Crippen LogP contribution < -0.4 is 4.74 Å². The molecule has 2 aromatic rings. The van der Waals surface area contributed by atoms with Crippen LogP contribution in [-0.2, 0) is 7.05 Å². The summed E-state index contributed by atoms with van der Waals surface area (Å²) in [5.41, 5.74) is 0.988. The lowest BCUT2D eigenvalue weighted by molar-refractivity contribution is 0.317.